The largest absolute Gasteiger partial charge is 0.365 e. The van der Waals surface area contributed by atoms with Crippen LogP contribution in [0.25, 0.3) is 17.0 Å². The van der Waals surface area contributed by atoms with Gasteiger partial charge in [0.25, 0.3) is 0 Å². The highest BCUT2D eigenvalue weighted by Gasteiger charge is 2.25. The van der Waals surface area contributed by atoms with E-state index in [4.69, 9.17) is 9.97 Å². The molecule has 2 N–H and O–H groups in total. The Balaban J connectivity index is 1.17. The van der Waals surface area contributed by atoms with Gasteiger partial charge in [0.15, 0.2) is 0 Å². The first-order chi connectivity index (χ1) is 19.5. The van der Waals surface area contributed by atoms with Crippen molar-refractivity contribution in [3.8, 4) is 0 Å². The molecule has 1 amide bonds. The third-order valence-electron chi connectivity index (χ3n) is 7.36. The normalized spacial score (nSPS) is 14.5. The number of carbonyl (C=O) groups excluding carboxylic acids is 1. The Kier molecular flexibility index (Phi) is 8.71. The van der Waals surface area contributed by atoms with E-state index in [-0.39, 0.29) is 11.8 Å². The molecule has 5 rings (SSSR count). The number of fused-ring (bicyclic) bond motifs is 1. The van der Waals surface area contributed by atoms with Crippen LogP contribution in [-0.2, 0) is 17.9 Å². The zero-order valence-corrected chi connectivity index (χ0v) is 23.6. The van der Waals surface area contributed by atoms with Gasteiger partial charge in [-0.1, -0.05) is 60.7 Å². The lowest BCUT2D eigenvalue weighted by atomic mass is 9.95. The second-order valence-electron chi connectivity index (χ2n) is 10.6. The van der Waals surface area contributed by atoms with E-state index in [9.17, 15) is 4.79 Å². The van der Waals surface area contributed by atoms with Gasteiger partial charge in [-0.25, -0.2) is 4.98 Å². The van der Waals surface area contributed by atoms with E-state index in [0.717, 1.165) is 66.0 Å². The Labute approximate surface area is 236 Å². The van der Waals surface area contributed by atoms with E-state index in [1.807, 2.05) is 62.3 Å². The molecule has 3 aromatic carbocycles. The van der Waals surface area contributed by atoms with Crippen molar-refractivity contribution in [3.05, 3.63) is 95.6 Å². The zero-order chi connectivity index (χ0) is 27.9. The molecule has 1 aliphatic heterocycles. The molecule has 0 unspecified atom stereocenters. The van der Waals surface area contributed by atoms with Crippen molar-refractivity contribution >= 4 is 40.3 Å². The van der Waals surface area contributed by atoms with Gasteiger partial charge in [-0.2, -0.15) is 4.98 Å². The predicted molar refractivity (Wildman–Crippen MR) is 165 cm³/mol. The van der Waals surface area contributed by atoms with Crippen LogP contribution in [0.3, 0.4) is 0 Å². The first kappa shape index (κ1) is 27.3. The minimum absolute atomic E-state index is 0.0543. The molecule has 1 aromatic heterocycles. The number of anilines is 3. The summed E-state index contributed by atoms with van der Waals surface area (Å²) in [6.07, 6.45) is 5.87. The van der Waals surface area contributed by atoms with Crippen molar-refractivity contribution in [1.29, 1.82) is 0 Å². The van der Waals surface area contributed by atoms with E-state index in [0.29, 0.717) is 12.5 Å². The minimum Gasteiger partial charge on any atom is -0.365 e. The van der Waals surface area contributed by atoms with Gasteiger partial charge < -0.3 is 15.5 Å². The Morgan fingerprint density at radius 3 is 2.42 bits per heavy atom. The van der Waals surface area contributed by atoms with Crippen LogP contribution in [0.4, 0.5) is 17.5 Å². The molecule has 0 spiro atoms. The summed E-state index contributed by atoms with van der Waals surface area (Å²) >= 11 is 0. The highest BCUT2D eigenvalue weighted by molar-refractivity contribution is 5.93. The van der Waals surface area contributed by atoms with Crippen LogP contribution in [0.5, 0.6) is 0 Å². The van der Waals surface area contributed by atoms with Crippen LogP contribution in [-0.4, -0.2) is 48.0 Å². The Hall–Kier alpha value is -4.23. The van der Waals surface area contributed by atoms with Crippen molar-refractivity contribution in [1.82, 2.24) is 14.9 Å². The molecule has 1 saturated heterocycles. The molecular formula is C33H38N6O. The summed E-state index contributed by atoms with van der Waals surface area (Å²) in [6, 6.07) is 24.8. The van der Waals surface area contributed by atoms with E-state index in [1.165, 1.54) is 5.56 Å². The van der Waals surface area contributed by atoms with Gasteiger partial charge in [-0.05, 0) is 73.8 Å². The minimum atomic E-state index is 0.0543. The third kappa shape index (κ3) is 6.85. The summed E-state index contributed by atoms with van der Waals surface area (Å²) in [5, 5.41) is 7.61. The third-order valence-corrected chi connectivity index (χ3v) is 7.36. The van der Waals surface area contributed by atoms with Gasteiger partial charge in [0.05, 0.1) is 5.52 Å². The quantitative estimate of drug-likeness (QED) is 0.267. The molecule has 0 aliphatic carbocycles. The molecule has 0 saturated carbocycles. The summed E-state index contributed by atoms with van der Waals surface area (Å²) in [4.78, 5) is 26.8. The molecular weight excluding hydrogens is 496 g/mol. The second kappa shape index (κ2) is 12.7. The standard InChI is InChI=1S/C33H38N6O/c1-4-8-24-13-16-29-30(21-24)36-33(38(2)3)37-31(29)34-22-25-11-14-28(15-12-25)35-32(40)27-17-19-39(20-18-27)23-26-9-6-5-7-10-26/h4-16,21,27H,17-20,22-23H2,1-3H3,(H,35,40)(H,34,36,37). The summed E-state index contributed by atoms with van der Waals surface area (Å²) in [7, 11) is 3.89. The van der Waals surface area contributed by atoms with Crippen molar-refractivity contribution < 1.29 is 4.79 Å². The van der Waals surface area contributed by atoms with Gasteiger partial charge in [0, 0.05) is 44.2 Å². The highest BCUT2D eigenvalue weighted by Crippen LogP contribution is 2.26. The number of amides is 1. The molecule has 2 heterocycles. The lowest BCUT2D eigenvalue weighted by molar-refractivity contribution is -0.121. The number of rotatable bonds is 9. The maximum absolute atomic E-state index is 12.9. The summed E-state index contributed by atoms with van der Waals surface area (Å²) < 4.78 is 0. The summed E-state index contributed by atoms with van der Waals surface area (Å²) in [5.74, 6) is 1.64. The molecule has 0 radical (unpaired) electrons. The van der Waals surface area contributed by atoms with Gasteiger partial charge in [-0.3, -0.25) is 9.69 Å². The van der Waals surface area contributed by atoms with E-state index < -0.39 is 0 Å². The van der Waals surface area contributed by atoms with Crippen LogP contribution >= 0.6 is 0 Å². The average molecular weight is 535 g/mol. The first-order valence-electron chi connectivity index (χ1n) is 14.0. The van der Waals surface area contributed by atoms with Crippen LogP contribution < -0.4 is 15.5 Å². The van der Waals surface area contributed by atoms with Crippen molar-refractivity contribution in [2.24, 2.45) is 5.92 Å². The molecule has 7 nitrogen and oxygen atoms in total. The SMILES string of the molecule is CC=Cc1ccc2c(NCc3ccc(NC(=O)C4CCN(Cc5ccccc5)CC4)cc3)nc(N(C)C)nc2c1. The van der Waals surface area contributed by atoms with Gasteiger partial charge >= 0.3 is 0 Å². The fourth-order valence-corrected chi connectivity index (χ4v) is 5.10. The molecule has 0 bridgehead atoms. The predicted octanol–water partition coefficient (Wildman–Crippen LogP) is 6.19. The van der Waals surface area contributed by atoms with Crippen LogP contribution in [0.15, 0.2) is 78.9 Å². The zero-order valence-electron chi connectivity index (χ0n) is 23.6. The maximum Gasteiger partial charge on any atom is 0.227 e. The molecule has 0 atom stereocenters. The Bertz CT molecular complexity index is 1460. The lowest BCUT2D eigenvalue weighted by Gasteiger charge is -2.31. The molecule has 40 heavy (non-hydrogen) atoms. The molecule has 1 aliphatic rings. The number of hydrogen-bond acceptors (Lipinski definition) is 6. The first-order valence-corrected chi connectivity index (χ1v) is 14.0. The Morgan fingerprint density at radius 1 is 0.975 bits per heavy atom. The van der Waals surface area contributed by atoms with Crippen molar-refractivity contribution in [2.45, 2.75) is 32.9 Å². The van der Waals surface area contributed by atoms with E-state index >= 15 is 0 Å². The van der Waals surface area contributed by atoms with Crippen LogP contribution in [0.2, 0.25) is 0 Å². The topological polar surface area (TPSA) is 73.4 Å². The number of hydrogen-bond donors (Lipinski definition) is 2. The van der Waals surface area contributed by atoms with Gasteiger partial charge in [-0.15, -0.1) is 0 Å². The number of aromatic nitrogens is 2. The molecule has 1 fully saturated rings. The average Bonchev–Trinajstić information content (AvgIpc) is 2.97. The summed E-state index contributed by atoms with van der Waals surface area (Å²) in [6.45, 7) is 5.46. The highest BCUT2D eigenvalue weighted by atomic mass is 16.1. The number of nitrogens with zero attached hydrogens (tertiary/aromatic N) is 4. The number of benzene rings is 3. The van der Waals surface area contributed by atoms with Gasteiger partial charge in [0.2, 0.25) is 11.9 Å². The second-order valence-corrected chi connectivity index (χ2v) is 10.6. The fraction of sp³-hybridized carbons (Fsp3) is 0.303. The van der Waals surface area contributed by atoms with Gasteiger partial charge in [0.1, 0.15) is 5.82 Å². The number of piperidine rings is 1. The van der Waals surface area contributed by atoms with Crippen molar-refractivity contribution in [2.75, 3.05) is 42.7 Å². The van der Waals surface area contributed by atoms with E-state index in [2.05, 4.69) is 64.1 Å². The van der Waals surface area contributed by atoms with Crippen LogP contribution in [0.1, 0.15) is 36.5 Å². The Morgan fingerprint density at radius 2 is 1.73 bits per heavy atom. The maximum atomic E-state index is 12.9. The fourth-order valence-electron chi connectivity index (χ4n) is 5.10. The number of carbonyl (C=O) groups is 1. The van der Waals surface area contributed by atoms with Crippen molar-refractivity contribution in [3.63, 3.8) is 0 Å². The molecule has 7 heteroatoms. The number of allylic oxidation sites excluding steroid dienone is 1. The number of nitrogens with one attached hydrogen (secondary N) is 2. The monoisotopic (exact) mass is 534 g/mol. The van der Waals surface area contributed by atoms with Crippen LogP contribution in [0, 0.1) is 5.92 Å². The molecule has 4 aromatic rings. The number of likely N-dealkylation sites (tertiary alicyclic amines) is 1. The smallest absolute Gasteiger partial charge is 0.227 e. The summed E-state index contributed by atoms with van der Waals surface area (Å²) in [5.41, 5.74) is 5.28. The lowest BCUT2D eigenvalue weighted by Crippen LogP contribution is -2.37. The van der Waals surface area contributed by atoms with E-state index in [1.54, 1.807) is 0 Å². The molecule has 206 valence electrons.